The van der Waals surface area contributed by atoms with Crippen molar-refractivity contribution in [1.82, 2.24) is 4.90 Å². The molecule has 0 aromatic heterocycles. The average Bonchev–Trinajstić information content (AvgIpc) is 2.89. The van der Waals surface area contributed by atoms with Crippen LogP contribution in [0.25, 0.3) is 0 Å². The molecule has 1 atom stereocenters. The van der Waals surface area contributed by atoms with E-state index >= 15 is 0 Å². The monoisotopic (exact) mass is 268 g/mol. The van der Waals surface area contributed by atoms with E-state index in [9.17, 15) is 4.79 Å². The summed E-state index contributed by atoms with van der Waals surface area (Å²) in [5.41, 5.74) is 6.13. The highest BCUT2D eigenvalue weighted by Crippen LogP contribution is 2.29. The predicted molar refractivity (Wildman–Crippen MR) is 75.8 cm³/mol. The Labute approximate surface area is 116 Å². The van der Waals surface area contributed by atoms with Gasteiger partial charge in [0.05, 0.1) is 6.10 Å². The molecule has 0 aromatic rings. The highest BCUT2D eigenvalue weighted by atomic mass is 16.5. The maximum Gasteiger partial charge on any atom is 0.224 e. The molecule has 0 bridgehead atoms. The molecule has 1 amide bonds. The van der Waals surface area contributed by atoms with Gasteiger partial charge in [-0.3, -0.25) is 4.79 Å². The summed E-state index contributed by atoms with van der Waals surface area (Å²) in [5, 5.41) is 0. The minimum absolute atomic E-state index is 0.211. The molecule has 1 saturated heterocycles. The van der Waals surface area contributed by atoms with Crippen molar-refractivity contribution in [2.24, 2.45) is 5.73 Å². The molecule has 1 aliphatic carbocycles. The van der Waals surface area contributed by atoms with Crippen LogP contribution in [0.15, 0.2) is 0 Å². The summed E-state index contributed by atoms with van der Waals surface area (Å²) in [4.78, 5) is 14.4. The average molecular weight is 268 g/mol. The lowest BCUT2D eigenvalue weighted by Crippen LogP contribution is -2.48. The SMILES string of the molecule is CCN(CC1CCCO1)C(=O)CC1(N)CCCCC1. The molecule has 4 nitrogen and oxygen atoms in total. The van der Waals surface area contributed by atoms with Crippen LogP contribution in [0.3, 0.4) is 0 Å². The first kappa shape index (κ1) is 14.8. The van der Waals surface area contributed by atoms with Gasteiger partial charge >= 0.3 is 0 Å². The summed E-state index contributed by atoms with van der Waals surface area (Å²) in [6.07, 6.45) is 8.54. The largest absolute Gasteiger partial charge is 0.376 e. The Bertz CT molecular complexity index is 295. The number of nitrogens with zero attached hydrogens (tertiary/aromatic N) is 1. The van der Waals surface area contributed by atoms with E-state index in [2.05, 4.69) is 0 Å². The Hall–Kier alpha value is -0.610. The summed E-state index contributed by atoms with van der Waals surface area (Å²) < 4.78 is 5.63. The lowest BCUT2D eigenvalue weighted by Gasteiger charge is -2.35. The number of likely N-dealkylation sites (N-methyl/N-ethyl adjacent to an activating group) is 1. The number of carbonyl (C=O) groups is 1. The Balaban J connectivity index is 1.84. The molecule has 2 aliphatic rings. The Morgan fingerprint density at radius 2 is 2.05 bits per heavy atom. The maximum absolute atomic E-state index is 12.4. The van der Waals surface area contributed by atoms with E-state index in [4.69, 9.17) is 10.5 Å². The summed E-state index contributed by atoms with van der Waals surface area (Å²) in [7, 11) is 0. The number of hydrogen-bond acceptors (Lipinski definition) is 3. The van der Waals surface area contributed by atoms with Crippen LogP contribution in [0, 0.1) is 0 Å². The van der Waals surface area contributed by atoms with Crippen LogP contribution in [-0.2, 0) is 9.53 Å². The molecule has 2 rings (SSSR count). The number of ether oxygens (including phenoxy) is 1. The third kappa shape index (κ3) is 4.18. The van der Waals surface area contributed by atoms with Crippen LogP contribution in [-0.4, -0.2) is 42.1 Å². The fourth-order valence-electron chi connectivity index (χ4n) is 3.29. The molecule has 1 heterocycles. The quantitative estimate of drug-likeness (QED) is 0.830. The molecule has 110 valence electrons. The van der Waals surface area contributed by atoms with E-state index in [1.807, 2.05) is 11.8 Å². The Kier molecular flexibility index (Phi) is 5.22. The number of rotatable bonds is 5. The lowest BCUT2D eigenvalue weighted by atomic mass is 9.80. The van der Waals surface area contributed by atoms with Crippen molar-refractivity contribution >= 4 is 5.91 Å². The van der Waals surface area contributed by atoms with Crippen LogP contribution < -0.4 is 5.73 Å². The van der Waals surface area contributed by atoms with Crippen molar-refractivity contribution in [2.45, 2.75) is 69.9 Å². The maximum atomic E-state index is 12.4. The molecule has 2 N–H and O–H groups in total. The fourth-order valence-corrected chi connectivity index (χ4v) is 3.29. The van der Waals surface area contributed by atoms with E-state index in [1.54, 1.807) is 0 Å². The molecule has 19 heavy (non-hydrogen) atoms. The smallest absolute Gasteiger partial charge is 0.224 e. The van der Waals surface area contributed by atoms with Gasteiger partial charge in [-0.05, 0) is 32.6 Å². The molecule has 1 aliphatic heterocycles. The molecule has 2 fully saturated rings. The Morgan fingerprint density at radius 1 is 1.32 bits per heavy atom. The van der Waals surface area contributed by atoms with E-state index in [0.29, 0.717) is 6.42 Å². The Morgan fingerprint density at radius 3 is 2.63 bits per heavy atom. The highest BCUT2D eigenvalue weighted by Gasteiger charge is 2.32. The zero-order chi connectivity index (χ0) is 13.7. The van der Waals surface area contributed by atoms with Gasteiger partial charge in [0.1, 0.15) is 0 Å². The molecule has 1 saturated carbocycles. The normalized spacial score (nSPS) is 26.3. The molecule has 0 spiro atoms. The molecular formula is C15H28N2O2. The van der Waals surface area contributed by atoms with E-state index in [0.717, 1.165) is 45.4 Å². The number of nitrogens with two attached hydrogens (primary N) is 1. The molecular weight excluding hydrogens is 240 g/mol. The topological polar surface area (TPSA) is 55.6 Å². The van der Waals surface area contributed by atoms with E-state index in [-0.39, 0.29) is 17.6 Å². The van der Waals surface area contributed by atoms with E-state index in [1.165, 1.54) is 19.3 Å². The van der Waals surface area contributed by atoms with Gasteiger partial charge in [0.15, 0.2) is 0 Å². The molecule has 1 unspecified atom stereocenters. The van der Waals surface area contributed by atoms with Crippen molar-refractivity contribution in [3.05, 3.63) is 0 Å². The predicted octanol–water partition coefficient (Wildman–Crippen LogP) is 2.07. The number of hydrogen-bond donors (Lipinski definition) is 1. The summed E-state index contributed by atoms with van der Waals surface area (Å²) >= 11 is 0. The van der Waals surface area contributed by atoms with Gasteiger partial charge in [-0.25, -0.2) is 0 Å². The van der Waals surface area contributed by atoms with Crippen molar-refractivity contribution in [1.29, 1.82) is 0 Å². The first-order valence-corrected chi connectivity index (χ1v) is 7.81. The highest BCUT2D eigenvalue weighted by molar-refractivity contribution is 5.77. The first-order valence-electron chi connectivity index (χ1n) is 7.81. The van der Waals surface area contributed by atoms with E-state index < -0.39 is 0 Å². The van der Waals surface area contributed by atoms with Crippen molar-refractivity contribution in [3.8, 4) is 0 Å². The van der Waals surface area contributed by atoms with Gasteiger partial charge in [-0.2, -0.15) is 0 Å². The van der Waals surface area contributed by atoms with Crippen LogP contribution in [0.4, 0.5) is 0 Å². The second-order valence-electron chi connectivity index (χ2n) is 6.17. The lowest BCUT2D eigenvalue weighted by molar-refractivity contribution is -0.134. The fraction of sp³-hybridized carbons (Fsp3) is 0.933. The van der Waals surface area contributed by atoms with Crippen molar-refractivity contribution in [2.75, 3.05) is 19.7 Å². The van der Waals surface area contributed by atoms with Crippen LogP contribution in [0.5, 0.6) is 0 Å². The van der Waals surface area contributed by atoms with Crippen molar-refractivity contribution < 1.29 is 9.53 Å². The first-order chi connectivity index (χ1) is 9.13. The van der Waals surface area contributed by atoms with Gasteiger partial charge in [-0.1, -0.05) is 19.3 Å². The zero-order valence-electron chi connectivity index (χ0n) is 12.2. The third-order valence-corrected chi connectivity index (χ3v) is 4.54. The van der Waals surface area contributed by atoms with Crippen LogP contribution in [0.2, 0.25) is 0 Å². The summed E-state index contributed by atoms with van der Waals surface area (Å²) in [5.74, 6) is 0.211. The number of amides is 1. The van der Waals surface area contributed by atoms with Gasteiger partial charge in [0, 0.05) is 31.7 Å². The van der Waals surface area contributed by atoms with Crippen LogP contribution in [0.1, 0.15) is 58.3 Å². The second-order valence-corrected chi connectivity index (χ2v) is 6.17. The second kappa shape index (κ2) is 6.71. The zero-order valence-corrected chi connectivity index (χ0v) is 12.2. The summed E-state index contributed by atoms with van der Waals surface area (Å²) in [6.45, 7) is 4.38. The van der Waals surface area contributed by atoms with Gasteiger partial charge in [0.25, 0.3) is 0 Å². The third-order valence-electron chi connectivity index (χ3n) is 4.54. The molecule has 0 radical (unpaired) electrons. The van der Waals surface area contributed by atoms with Gasteiger partial charge in [-0.15, -0.1) is 0 Å². The van der Waals surface area contributed by atoms with Gasteiger partial charge in [0.2, 0.25) is 5.91 Å². The van der Waals surface area contributed by atoms with Crippen molar-refractivity contribution in [3.63, 3.8) is 0 Å². The molecule has 4 heteroatoms. The molecule has 0 aromatic carbocycles. The van der Waals surface area contributed by atoms with Gasteiger partial charge < -0.3 is 15.4 Å². The minimum atomic E-state index is -0.251. The minimum Gasteiger partial charge on any atom is -0.376 e. The number of carbonyl (C=O) groups excluding carboxylic acids is 1. The summed E-state index contributed by atoms with van der Waals surface area (Å²) in [6, 6.07) is 0. The van der Waals surface area contributed by atoms with Crippen LogP contribution >= 0.6 is 0 Å². The standard InChI is InChI=1S/C15H28N2O2/c1-2-17(12-13-7-6-10-19-13)14(18)11-15(16)8-4-3-5-9-15/h13H,2-12,16H2,1H3.